The van der Waals surface area contributed by atoms with Gasteiger partial charge in [-0.15, -0.1) is 0 Å². The first kappa shape index (κ1) is 6.89. The molecule has 1 saturated carbocycles. The second kappa shape index (κ2) is 1.87. The van der Waals surface area contributed by atoms with Crippen molar-refractivity contribution in [1.29, 1.82) is 0 Å². The Bertz CT molecular complexity index is 232. The van der Waals surface area contributed by atoms with Crippen molar-refractivity contribution in [3.63, 3.8) is 0 Å². The van der Waals surface area contributed by atoms with Gasteiger partial charge in [0.05, 0.1) is 0 Å². The normalized spacial score (nSPS) is 46.6. The lowest BCUT2D eigenvalue weighted by Gasteiger charge is -2.32. The Labute approximate surface area is 65.9 Å². The van der Waals surface area contributed by atoms with E-state index in [-0.39, 0.29) is 5.92 Å². The highest BCUT2D eigenvalue weighted by molar-refractivity contribution is 5.73. The van der Waals surface area contributed by atoms with Crippen LogP contribution in [0.3, 0.4) is 0 Å². The molecule has 0 amide bonds. The lowest BCUT2D eigenvalue weighted by Crippen LogP contribution is -2.42. The predicted octanol–water partition coefficient (Wildman–Crippen LogP) is 0.339. The maximum Gasteiger partial charge on any atom is 0.0479 e. The van der Waals surface area contributed by atoms with Gasteiger partial charge in [-0.3, -0.25) is 0 Å². The number of carboxylic acids is 1. The van der Waals surface area contributed by atoms with Crippen molar-refractivity contribution in [2.45, 2.75) is 19.8 Å². The number of fused-ring (bicyclic) bond motifs is 2. The molecule has 0 aliphatic heterocycles. The molecule has 0 heterocycles. The first-order valence-electron chi connectivity index (χ1n) is 4.03. The fourth-order valence-electron chi connectivity index (χ4n) is 2.33. The van der Waals surface area contributed by atoms with Gasteiger partial charge < -0.3 is 9.90 Å². The average Bonchev–Trinajstić information content (AvgIpc) is 2.45. The summed E-state index contributed by atoms with van der Waals surface area (Å²) in [5.74, 6) is -0.144. The van der Waals surface area contributed by atoms with Crippen molar-refractivity contribution in [3.05, 3.63) is 12.2 Å². The highest BCUT2D eigenvalue weighted by atomic mass is 16.4. The van der Waals surface area contributed by atoms with Crippen LogP contribution >= 0.6 is 0 Å². The lowest BCUT2D eigenvalue weighted by molar-refractivity contribution is -0.319. The van der Waals surface area contributed by atoms with Gasteiger partial charge in [-0.1, -0.05) is 19.1 Å². The Morgan fingerprint density at radius 1 is 1.64 bits per heavy atom. The molecular formula is C9H11O2-. The van der Waals surface area contributed by atoms with Gasteiger partial charge in [-0.05, 0) is 24.7 Å². The van der Waals surface area contributed by atoms with E-state index < -0.39 is 11.4 Å². The van der Waals surface area contributed by atoms with Crippen LogP contribution in [0, 0.1) is 17.3 Å². The van der Waals surface area contributed by atoms with E-state index in [4.69, 9.17) is 0 Å². The van der Waals surface area contributed by atoms with Crippen molar-refractivity contribution in [2.75, 3.05) is 0 Å². The third-order valence-electron chi connectivity index (χ3n) is 3.14. The zero-order chi connectivity index (χ0) is 8.06. The third-order valence-corrected chi connectivity index (χ3v) is 3.14. The summed E-state index contributed by atoms with van der Waals surface area (Å²) in [7, 11) is 0. The van der Waals surface area contributed by atoms with Gasteiger partial charge in [0.15, 0.2) is 0 Å². The van der Waals surface area contributed by atoms with E-state index in [1.165, 1.54) is 0 Å². The van der Waals surface area contributed by atoms with E-state index >= 15 is 0 Å². The maximum atomic E-state index is 10.8. The summed E-state index contributed by atoms with van der Waals surface area (Å²) >= 11 is 0. The van der Waals surface area contributed by atoms with E-state index in [0.717, 1.165) is 12.8 Å². The number of allylic oxidation sites excluding steroid dienone is 2. The van der Waals surface area contributed by atoms with Crippen molar-refractivity contribution < 1.29 is 9.90 Å². The number of carbonyl (C=O) groups excluding carboxylic acids is 1. The third kappa shape index (κ3) is 0.753. The molecule has 0 spiro atoms. The zero-order valence-electron chi connectivity index (χ0n) is 6.54. The van der Waals surface area contributed by atoms with Gasteiger partial charge in [-0.2, -0.15) is 0 Å². The Balaban J connectivity index is 2.30. The van der Waals surface area contributed by atoms with Crippen LogP contribution in [0.4, 0.5) is 0 Å². The SMILES string of the molecule is C[C@@]1(C(=O)[O-])C[C@@H]2C=C[C@H]1C2. The lowest BCUT2D eigenvalue weighted by atomic mass is 9.78. The van der Waals surface area contributed by atoms with Gasteiger partial charge in [0.1, 0.15) is 0 Å². The van der Waals surface area contributed by atoms with Gasteiger partial charge >= 0.3 is 0 Å². The monoisotopic (exact) mass is 151 g/mol. The van der Waals surface area contributed by atoms with Crippen molar-refractivity contribution in [3.8, 4) is 0 Å². The van der Waals surface area contributed by atoms with E-state index in [9.17, 15) is 9.90 Å². The predicted molar refractivity (Wildman–Crippen MR) is 38.5 cm³/mol. The van der Waals surface area contributed by atoms with Crippen LogP contribution in [0.2, 0.25) is 0 Å². The van der Waals surface area contributed by atoms with E-state index in [1.54, 1.807) is 6.92 Å². The molecule has 60 valence electrons. The molecule has 1 fully saturated rings. The second-order valence-electron chi connectivity index (χ2n) is 3.90. The standard InChI is InChI=1S/C9H12O2/c1-9(8(10)11)5-6-2-3-7(9)4-6/h2-3,6-7H,4-5H2,1H3,(H,10,11)/p-1/t6-,7+,9-/m1/s1. The summed E-state index contributed by atoms with van der Waals surface area (Å²) in [4.78, 5) is 10.8. The van der Waals surface area contributed by atoms with Crippen LogP contribution in [-0.2, 0) is 4.79 Å². The highest BCUT2D eigenvalue weighted by Crippen LogP contribution is 2.51. The van der Waals surface area contributed by atoms with Crippen LogP contribution in [0.25, 0.3) is 0 Å². The topological polar surface area (TPSA) is 40.1 Å². The molecule has 0 aromatic carbocycles. The highest BCUT2D eigenvalue weighted by Gasteiger charge is 2.45. The maximum absolute atomic E-state index is 10.8. The number of rotatable bonds is 1. The molecule has 11 heavy (non-hydrogen) atoms. The largest absolute Gasteiger partial charge is 0.550 e. The molecule has 2 rings (SSSR count). The number of carbonyl (C=O) groups is 1. The minimum absolute atomic E-state index is 0.234. The number of carboxylic acid groups (broad SMARTS) is 1. The van der Waals surface area contributed by atoms with Crippen LogP contribution in [0.15, 0.2) is 12.2 Å². The molecule has 0 aromatic heterocycles. The summed E-state index contributed by atoms with van der Waals surface area (Å²) in [6, 6.07) is 0. The minimum atomic E-state index is -0.880. The molecule has 0 radical (unpaired) electrons. The molecule has 2 aliphatic carbocycles. The zero-order valence-corrected chi connectivity index (χ0v) is 6.54. The molecule has 2 aliphatic rings. The Hall–Kier alpha value is -0.790. The van der Waals surface area contributed by atoms with Gasteiger partial charge in [0, 0.05) is 11.4 Å². The molecule has 0 saturated heterocycles. The Morgan fingerprint density at radius 3 is 2.64 bits per heavy atom. The molecular weight excluding hydrogens is 140 g/mol. The van der Waals surface area contributed by atoms with Crippen LogP contribution in [0.1, 0.15) is 19.8 Å². The van der Waals surface area contributed by atoms with Crippen molar-refractivity contribution in [2.24, 2.45) is 17.3 Å². The van der Waals surface area contributed by atoms with Crippen LogP contribution in [0.5, 0.6) is 0 Å². The molecule has 0 N–H and O–H groups in total. The first-order valence-corrected chi connectivity index (χ1v) is 4.03. The summed E-state index contributed by atoms with van der Waals surface area (Å²) < 4.78 is 0. The fraction of sp³-hybridized carbons (Fsp3) is 0.667. The quantitative estimate of drug-likeness (QED) is 0.507. The molecule has 2 heteroatoms. The first-order chi connectivity index (χ1) is 5.13. The Kier molecular flexibility index (Phi) is 1.17. The van der Waals surface area contributed by atoms with Crippen LogP contribution in [-0.4, -0.2) is 5.97 Å². The summed E-state index contributed by atoms with van der Waals surface area (Å²) in [5.41, 5.74) is -0.570. The molecule has 2 bridgehead atoms. The number of aliphatic carboxylic acids is 1. The summed E-state index contributed by atoms with van der Waals surface area (Å²) in [5, 5.41) is 10.8. The van der Waals surface area contributed by atoms with Gasteiger partial charge in [0.2, 0.25) is 0 Å². The molecule has 0 aromatic rings. The van der Waals surface area contributed by atoms with Crippen LogP contribution < -0.4 is 5.11 Å². The molecule has 2 nitrogen and oxygen atoms in total. The van der Waals surface area contributed by atoms with Crippen molar-refractivity contribution in [1.82, 2.24) is 0 Å². The summed E-state index contributed by atoms with van der Waals surface area (Å²) in [6.07, 6.45) is 5.96. The smallest absolute Gasteiger partial charge is 0.0479 e. The van der Waals surface area contributed by atoms with E-state index in [0.29, 0.717) is 5.92 Å². The average molecular weight is 151 g/mol. The van der Waals surface area contributed by atoms with E-state index in [1.807, 2.05) is 6.08 Å². The van der Waals surface area contributed by atoms with E-state index in [2.05, 4.69) is 6.08 Å². The molecule has 0 unspecified atom stereocenters. The summed E-state index contributed by atoms with van der Waals surface area (Å²) in [6.45, 7) is 1.80. The number of hydrogen-bond acceptors (Lipinski definition) is 2. The van der Waals surface area contributed by atoms with Crippen molar-refractivity contribution >= 4 is 5.97 Å². The Morgan fingerprint density at radius 2 is 2.36 bits per heavy atom. The van der Waals surface area contributed by atoms with Gasteiger partial charge in [0.25, 0.3) is 0 Å². The van der Waals surface area contributed by atoms with Gasteiger partial charge in [-0.25, -0.2) is 0 Å². The second-order valence-corrected chi connectivity index (χ2v) is 3.90. The minimum Gasteiger partial charge on any atom is -0.550 e. The fourth-order valence-corrected chi connectivity index (χ4v) is 2.33. The number of hydrogen-bond donors (Lipinski definition) is 0. The molecule has 3 atom stereocenters.